The third kappa shape index (κ3) is 4.24. The normalized spacial score (nSPS) is 32.2. The Hall–Kier alpha value is -0.0800. The van der Waals surface area contributed by atoms with Crippen LogP contribution in [0.3, 0.4) is 0 Å². The highest BCUT2D eigenvalue weighted by atomic mass is 15.2. The third-order valence-electron chi connectivity index (χ3n) is 4.57. The SMILES string of the molecule is CC1CC(C)C(C)N(C(CNC(C)C)C(C)C)C1. The lowest BCUT2D eigenvalue weighted by Crippen LogP contribution is -2.56. The molecule has 1 rings (SSSR count). The summed E-state index contributed by atoms with van der Waals surface area (Å²) in [6.45, 7) is 18.8. The molecule has 108 valence electrons. The molecule has 0 radical (unpaired) electrons. The zero-order valence-electron chi connectivity index (χ0n) is 13.5. The summed E-state index contributed by atoms with van der Waals surface area (Å²) < 4.78 is 0. The van der Waals surface area contributed by atoms with E-state index in [1.54, 1.807) is 0 Å². The lowest BCUT2D eigenvalue weighted by molar-refractivity contribution is 0.0219. The fraction of sp³-hybridized carbons (Fsp3) is 1.00. The van der Waals surface area contributed by atoms with Crippen molar-refractivity contribution in [2.75, 3.05) is 13.1 Å². The number of nitrogens with one attached hydrogen (secondary N) is 1. The average Bonchev–Trinajstić information content (AvgIpc) is 2.24. The van der Waals surface area contributed by atoms with Gasteiger partial charge < -0.3 is 5.32 Å². The van der Waals surface area contributed by atoms with Crippen LogP contribution < -0.4 is 5.32 Å². The van der Waals surface area contributed by atoms with E-state index in [1.165, 1.54) is 13.0 Å². The van der Waals surface area contributed by atoms with Crippen LogP contribution in [0, 0.1) is 17.8 Å². The van der Waals surface area contributed by atoms with Crippen molar-refractivity contribution in [2.24, 2.45) is 17.8 Å². The van der Waals surface area contributed by atoms with E-state index in [0.29, 0.717) is 12.1 Å². The van der Waals surface area contributed by atoms with Crippen LogP contribution in [0.5, 0.6) is 0 Å². The predicted octanol–water partition coefficient (Wildman–Crippen LogP) is 3.38. The standard InChI is InChI=1S/C16H34N2/c1-11(2)16(9-17-12(3)4)18-10-13(5)8-14(6)15(18)7/h11-17H,8-10H2,1-7H3. The van der Waals surface area contributed by atoms with Gasteiger partial charge in [0.25, 0.3) is 0 Å². The molecule has 1 aliphatic heterocycles. The van der Waals surface area contributed by atoms with Gasteiger partial charge in [-0.2, -0.15) is 0 Å². The molecule has 2 heteroatoms. The van der Waals surface area contributed by atoms with Crippen molar-refractivity contribution in [1.29, 1.82) is 0 Å². The Morgan fingerprint density at radius 3 is 2.22 bits per heavy atom. The van der Waals surface area contributed by atoms with Gasteiger partial charge in [-0.3, -0.25) is 4.90 Å². The minimum absolute atomic E-state index is 0.584. The van der Waals surface area contributed by atoms with Gasteiger partial charge in [0.2, 0.25) is 0 Å². The summed E-state index contributed by atoms with van der Waals surface area (Å²) in [6.07, 6.45) is 1.39. The van der Waals surface area contributed by atoms with Crippen molar-refractivity contribution < 1.29 is 0 Å². The number of rotatable bonds is 5. The molecule has 0 saturated carbocycles. The zero-order chi connectivity index (χ0) is 13.9. The summed E-state index contributed by atoms with van der Waals surface area (Å²) in [5.74, 6) is 2.39. The van der Waals surface area contributed by atoms with Crippen LogP contribution in [0.4, 0.5) is 0 Å². The molecule has 1 fully saturated rings. The van der Waals surface area contributed by atoms with Crippen LogP contribution in [0.25, 0.3) is 0 Å². The minimum Gasteiger partial charge on any atom is -0.313 e. The number of piperidine rings is 1. The Balaban J connectivity index is 2.70. The van der Waals surface area contributed by atoms with Crippen LogP contribution in [0.2, 0.25) is 0 Å². The molecule has 4 atom stereocenters. The van der Waals surface area contributed by atoms with Gasteiger partial charge in [0.15, 0.2) is 0 Å². The molecule has 0 bridgehead atoms. The van der Waals surface area contributed by atoms with Gasteiger partial charge in [0.1, 0.15) is 0 Å². The van der Waals surface area contributed by atoms with Crippen LogP contribution in [-0.2, 0) is 0 Å². The van der Waals surface area contributed by atoms with Crippen LogP contribution in [0.15, 0.2) is 0 Å². The smallest absolute Gasteiger partial charge is 0.0246 e. The maximum absolute atomic E-state index is 3.63. The minimum atomic E-state index is 0.584. The van der Waals surface area contributed by atoms with Crippen LogP contribution in [0.1, 0.15) is 54.9 Å². The van der Waals surface area contributed by atoms with Gasteiger partial charge in [-0.15, -0.1) is 0 Å². The highest BCUT2D eigenvalue weighted by molar-refractivity contribution is 4.88. The Morgan fingerprint density at radius 2 is 1.72 bits per heavy atom. The molecule has 0 aromatic carbocycles. The van der Waals surface area contributed by atoms with Gasteiger partial charge in [0, 0.05) is 31.2 Å². The second-order valence-corrected chi connectivity index (χ2v) is 7.13. The van der Waals surface area contributed by atoms with E-state index in [4.69, 9.17) is 0 Å². The van der Waals surface area contributed by atoms with Crippen molar-refractivity contribution in [3.8, 4) is 0 Å². The van der Waals surface area contributed by atoms with Gasteiger partial charge in [-0.25, -0.2) is 0 Å². The molecule has 0 aromatic heterocycles. The van der Waals surface area contributed by atoms with E-state index in [-0.39, 0.29) is 0 Å². The monoisotopic (exact) mass is 254 g/mol. The molecular weight excluding hydrogens is 220 g/mol. The van der Waals surface area contributed by atoms with Gasteiger partial charge >= 0.3 is 0 Å². The Bertz CT molecular complexity index is 237. The lowest BCUT2D eigenvalue weighted by Gasteiger charge is -2.47. The number of hydrogen-bond acceptors (Lipinski definition) is 2. The molecule has 0 amide bonds. The van der Waals surface area contributed by atoms with E-state index in [9.17, 15) is 0 Å². The van der Waals surface area contributed by atoms with E-state index in [0.717, 1.165) is 30.3 Å². The molecule has 4 unspecified atom stereocenters. The first kappa shape index (κ1) is 16.0. The molecule has 1 aliphatic rings. The van der Waals surface area contributed by atoms with Crippen molar-refractivity contribution in [1.82, 2.24) is 10.2 Å². The first-order valence-corrected chi connectivity index (χ1v) is 7.82. The molecule has 1 heterocycles. The maximum Gasteiger partial charge on any atom is 0.0246 e. The molecule has 0 aliphatic carbocycles. The molecule has 1 saturated heterocycles. The van der Waals surface area contributed by atoms with Gasteiger partial charge in [0.05, 0.1) is 0 Å². The fourth-order valence-corrected chi connectivity index (χ4v) is 3.29. The molecule has 0 spiro atoms. The molecule has 0 aromatic rings. The third-order valence-corrected chi connectivity index (χ3v) is 4.57. The zero-order valence-corrected chi connectivity index (χ0v) is 13.5. The quantitative estimate of drug-likeness (QED) is 0.809. The Labute approximate surface area is 115 Å². The van der Waals surface area contributed by atoms with Gasteiger partial charge in [-0.05, 0) is 31.1 Å². The number of nitrogens with zero attached hydrogens (tertiary/aromatic N) is 1. The lowest BCUT2D eigenvalue weighted by atomic mass is 9.83. The number of hydrogen-bond donors (Lipinski definition) is 1. The summed E-state index contributed by atoms with van der Waals surface area (Å²) in [6, 6.07) is 1.98. The van der Waals surface area contributed by atoms with E-state index in [1.807, 2.05) is 0 Å². The van der Waals surface area contributed by atoms with Crippen molar-refractivity contribution in [2.45, 2.75) is 73.0 Å². The first-order valence-electron chi connectivity index (χ1n) is 7.82. The van der Waals surface area contributed by atoms with Crippen molar-refractivity contribution >= 4 is 0 Å². The second kappa shape index (κ2) is 6.91. The molecule has 18 heavy (non-hydrogen) atoms. The highest BCUT2D eigenvalue weighted by Gasteiger charge is 2.34. The number of likely N-dealkylation sites (tertiary alicyclic amines) is 1. The fourth-order valence-electron chi connectivity index (χ4n) is 3.29. The summed E-state index contributed by atoms with van der Waals surface area (Å²) in [4.78, 5) is 2.76. The summed E-state index contributed by atoms with van der Waals surface area (Å²) in [5, 5.41) is 3.63. The first-order chi connectivity index (χ1) is 8.32. The van der Waals surface area contributed by atoms with Crippen molar-refractivity contribution in [3.05, 3.63) is 0 Å². The molecule has 2 nitrogen and oxygen atoms in total. The Morgan fingerprint density at radius 1 is 1.11 bits per heavy atom. The maximum atomic E-state index is 3.63. The topological polar surface area (TPSA) is 15.3 Å². The summed E-state index contributed by atoms with van der Waals surface area (Å²) >= 11 is 0. The van der Waals surface area contributed by atoms with E-state index < -0.39 is 0 Å². The summed E-state index contributed by atoms with van der Waals surface area (Å²) in [7, 11) is 0. The van der Waals surface area contributed by atoms with Crippen LogP contribution >= 0.6 is 0 Å². The van der Waals surface area contributed by atoms with Crippen molar-refractivity contribution in [3.63, 3.8) is 0 Å². The largest absolute Gasteiger partial charge is 0.313 e. The average molecular weight is 254 g/mol. The Kier molecular flexibility index (Phi) is 6.13. The predicted molar refractivity (Wildman–Crippen MR) is 80.9 cm³/mol. The van der Waals surface area contributed by atoms with E-state index in [2.05, 4.69) is 58.7 Å². The molecular formula is C16H34N2. The van der Waals surface area contributed by atoms with Gasteiger partial charge in [-0.1, -0.05) is 41.5 Å². The van der Waals surface area contributed by atoms with E-state index >= 15 is 0 Å². The van der Waals surface area contributed by atoms with Crippen LogP contribution in [-0.4, -0.2) is 36.1 Å². The second-order valence-electron chi connectivity index (χ2n) is 7.13. The highest BCUT2D eigenvalue weighted by Crippen LogP contribution is 2.30. The molecule has 1 N–H and O–H groups in total. The summed E-state index contributed by atoms with van der Waals surface area (Å²) in [5.41, 5.74) is 0.